The molecule has 82 valence electrons. The number of aromatic nitrogens is 1. The lowest BCUT2D eigenvalue weighted by Gasteiger charge is -2.09. The minimum atomic E-state index is -2.71. The third kappa shape index (κ3) is 2.03. The van der Waals surface area contributed by atoms with Crippen molar-refractivity contribution in [2.75, 3.05) is 12.8 Å². The lowest BCUT2D eigenvalue weighted by atomic mass is 10.1. The predicted molar refractivity (Wildman–Crippen MR) is 49.7 cm³/mol. The second-order valence-electron chi connectivity index (χ2n) is 2.89. The number of nitrogens with two attached hydrogens (primary N) is 1. The van der Waals surface area contributed by atoms with Gasteiger partial charge in [-0.1, -0.05) is 0 Å². The highest BCUT2D eigenvalue weighted by Crippen LogP contribution is 2.26. The molecule has 0 aliphatic rings. The van der Waals surface area contributed by atoms with Gasteiger partial charge in [0.25, 0.3) is 6.43 Å². The summed E-state index contributed by atoms with van der Waals surface area (Å²) in [6, 6.07) is 0. The Labute approximate surface area is 85.1 Å². The van der Waals surface area contributed by atoms with E-state index in [-0.39, 0.29) is 16.8 Å². The molecular formula is C9H10F2N2O2. The third-order valence-electron chi connectivity index (χ3n) is 2.02. The van der Waals surface area contributed by atoms with Crippen LogP contribution in [0.2, 0.25) is 0 Å². The van der Waals surface area contributed by atoms with E-state index >= 15 is 0 Å². The van der Waals surface area contributed by atoms with Gasteiger partial charge < -0.3 is 10.5 Å². The molecule has 0 aliphatic heterocycles. The van der Waals surface area contributed by atoms with Crippen LogP contribution in [-0.2, 0) is 4.74 Å². The number of rotatable bonds is 2. The van der Waals surface area contributed by atoms with Crippen LogP contribution >= 0.6 is 0 Å². The van der Waals surface area contributed by atoms with E-state index in [9.17, 15) is 13.6 Å². The van der Waals surface area contributed by atoms with Gasteiger partial charge in [0, 0.05) is 11.8 Å². The molecule has 1 heterocycles. The van der Waals surface area contributed by atoms with Crippen molar-refractivity contribution in [3.8, 4) is 0 Å². The van der Waals surface area contributed by atoms with Crippen LogP contribution in [0.4, 0.5) is 14.5 Å². The molecular weight excluding hydrogens is 206 g/mol. The van der Waals surface area contributed by atoms with Gasteiger partial charge in [0.2, 0.25) is 0 Å². The number of anilines is 1. The highest BCUT2D eigenvalue weighted by atomic mass is 19.3. The van der Waals surface area contributed by atoms with Crippen LogP contribution < -0.4 is 5.73 Å². The van der Waals surface area contributed by atoms with Crippen molar-refractivity contribution in [2.24, 2.45) is 0 Å². The first kappa shape index (κ1) is 11.4. The average Bonchev–Trinajstić information content (AvgIpc) is 2.20. The molecule has 0 amide bonds. The molecule has 0 fully saturated rings. The number of nitrogen functional groups attached to an aromatic ring is 1. The van der Waals surface area contributed by atoms with Crippen LogP contribution in [0.1, 0.15) is 28.0 Å². The summed E-state index contributed by atoms with van der Waals surface area (Å²) in [5.74, 6) is -0.691. The fraction of sp³-hybridized carbons (Fsp3) is 0.333. The summed E-state index contributed by atoms with van der Waals surface area (Å²) >= 11 is 0. The summed E-state index contributed by atoms with van der Waals surface area (Å²) in [5.41, 5.74) is 5.19. The van der Waals surface area contributed by atoms with E-state index in [0.717, 1.165) is 6.20 Å². The highest BCUT2D eigenvalue weighted by Gasteiger charge is 2.19. The van der Waals surface area contributed by atoms with E-state index in [2.05, 4.69) is 9.72 Å². The smallest absolute Gasteiger partial charge is 0.341 e. The zero-order valence-electron chi connectivity index (χ0n) is 8.25. The number of halogens is 2. The van der Waals surface area contributed by atoms with Crippen LogP contribution in [0.3, 0.4) is 0 Å². The zero-order chi connectivity index (χ0) is 11.6. The molecule has 0 spiro atoms. The van der Waals surface area contributed by atoms with Crippen molar-refractivity contribution in [3.05, 3.63) is 23.0 Å². The summed E-state index contributed by atoms with van der Waals surface area (Å²) in [7, 11) is 1.18. The van der Waals surface area contributed by atoms with Crippen molar-refractivity contribution in [2.45, 2.75) is 13.3 Å². The summed E-state index contributed by atoms with van der Waals surface area (Å²) in [4.78, 5) is 14.6. The number of esters is 1. The summed E-state index contributed by atoms with van der Waals surface area (Å²) in [5, 5.41) is 0. The van der Waals surface area contributed by atoms with Crippen molar-refractivity contribution >= 4 is 11.7 Å². The number of ether oxygens (including phenoxy) is 1. The van der Waals surface area contributed by atoms with Gasteiger partial charge in [0.05, 0.1) is 12.8 Å². The lowest BCUT2D eigenvalue weighted by molar-refractivity contribution is 0.0600. The van der Waals surface area contributed by atoms with Crippen LogP contribution in [-0.4, -0.2) is 18.1 Å². The van der Waals surface area contributed by atoms with E-state index in [1.807, 2.05) is 0 Å². The first-order chi connectivity index (χ1) is 6.99. The Bertz CT molecular complexity index is 394. The van der Waals surface area contributed by atoms with Crippen molar-refractivity contribution in [3.63, 3.8) is 0 Å². The molecule has 1 aromatic rings. The molecule has 15 heavy (non-hydrogen) atoms. The van der Waals surface area contributed by atoms with Crippen LogP contribution in [0, 0.1) is 6.92 Å². The predicted octanol–water partition coefficient (Wildman–Crippen LogP) is 1.70. The SMILES string of the molecule is COC(=O)c1cnc(C(F)F)c(C)c1N. The van der Waals surface area contributed by atoms with Gasteiger partial charge in [-0.25, -0.2) is 13.6 Å². The van der Waals surface area contributed by atoms with Crippen molar-refractivity contribution in [1.82, 2.24) is 4.98 Å². The summed E-state index contributed by atoms with van der Waals surface area (Å²) < 4.78 is 29.2. The summed E-state index contributed by atoms with van der Waals surface area (Å²) in [6.45, 7) is 1.39. The van der Waals surface area contributed by atoms with E-state index < -0.39 is 18.1 Å². The first-order valence-corrected chi connectivity index (χ1v) is 4.10. The van der Waals surface area contributed by atoms with E-state index in [1.165, 1.54) is 14.0 Å². The van der Waals surface area contributed by atoms with Gasteiger partial charge in [0.1, 0.15) is 11.3 Å². The molecule has 0 bridgehead atoms. The van der Waals surface area contributed by atoms with Crippen LogP contribution in [0.15, 0.2) is 6.20 Å². The minimum Gasteiger partial charge on any atom is -0.465 e. The number of carbonyl (C=O) groups excluding carboxylic acids is 1. The second kappa shape index (κ2) is 4.20. The molecule has 0 aliphatic carbocycles. The Hall–Kier alpha value is -1.72. The fourth-order valence-corrected chi connectivity index (χ4v) is 1.13. The molecule has 0 atom stereocenters. The Kier molecular flexibility index (Phi) is 3.18. The number of carbonyl (C=O) groups is 1. The molecule has 0 unspecified atom stereocenters. The largest absolute Gasteiger partial charge is 0.465 e. The molecule has 0 aromatic carbocycles. The molecule has 0 radical (unpaired) electrons. The van der Waals surface area contributed by atoms with E-state index in [1.54, 1.807) is 0 Å². The number of hydrogen-bond acceptors (Lipinski definition) is 4. The van der Waals surface area contributed by atoms with E-state index in [0.29, 0.717) is 0 Å². The highest BCUT2D eigenvalue weighted by molar-refractivity contribution is 5.95. The molecule has 2 N–H and O–H groups in total. The third-order valence-corrected chi connectivity index (χ3v) is 2.02. The lowest BCUT2D eigenvalue weighted by Crippen LogP contribution is -2.10. The van der Waals surface area contributed by atoms with Crippen LogP contribution in [0.5, 0.6) is 0 Å². The number of pyridine rings is 1. The number of alkyl halides is 2. The molecule has 1 aromatic heterocycles. The second-order valence-corrected chi connectivity index (χ2v) is 2.89. The Balaban J connectivity index is 3.27. The maximum absolute atomic E-state index is 12.4. The van der Waals surface area contributed by atoms with Crippen molar-refractivity contribution < 1.29 is 18.3 Å². The molecule has 0 saturated heterocycles. The average molecular weight is 216 g/mol. The maximum atomic E-state index is 12.4. The van der Waals surface area contributed by atoms with Gasteiger partial charge in [-0.3, -0.25) is 4.98 Å². The number of nitrogens with zero attached hydrogens (tertiary/aromatic N) is 1. The standard InChI is InChI=1S/C9H10F2N2O2/c1-4-6(12)5(9(14)15-2)3-13-7(4)8(10)11/h3,8H,1-2H3,(H2,12,13). The first-order valence-electron chi connectivity index (χ1n) is 4.10. The normalized spacial score (nSPS) is 10.5. The van der Waals surface area contributed by atoms with Gasteiger partial charge >= 0.3 is 5.97 Å². The Morgan fingerprint density at radius 3 is 2.67 bits per heavy atom. The Morgan fingerprint density at radius 1 is 1.60 bits per heavy atom. The zero-order valence-corrected chi connectivity index (χ0v) is 8.25. The number of methoxy groups -OCH3 is 1. The van der Waals surface area contributed by atoms with Gasteiger partial charge in [-0.2, -0.15) is 0 Å². The Morgan fingerprint density at radius 2 is 2.20 bits per heavy atom. The summed E-state index contributed by atoms with van der Waals surface area (Å²) in [6.07, 6.45) is -1.71. The maximum Gasteiger partial charge on any atom is 0.341 e. The van der Waals surface area contributed by atoms with E-state index in [4.69, 9.17) is 5.73 Å². The topological polar surface area (TPSA) is 65.2 Å². The number of hydrogen-bond donors (Lipinski definition) is 1. The van der Waals surface area contributed by atoms with Crippen molar-refractivity contribution in [1.29, 1.82) is 0 Å². The molecule has 4 nitrogen and oxygen atoms in total. The molecule has 0 saturated carbocycles. The minimum absolute atomic E-state index is 0.000556. The van der Waals surface area contributed by atoms with Gasteiger partial charge in [-0.05, 0) is 6.92 Å². The van der Waals surface area contributed by atoms with Crippen LogP contribution in [0.25, 0.3) is 0 Å². The van der Waals surface area contributed by atoms with Gasteiger partial charge in [0.15, 0.2) is 0 Å². The molecule has 1 rings (SSSR count). The van der Waals surface area contributed by atoms with Gasteiger partial charge in [-0.15, -0.1) is 0 Å². The molecule has 6 heteroatoms. The quantitative estimate of drug-likeness (QED) is 0.764. The fourth-order valence-electron chi connectivity index (χ4n) is 1.13. The monoisotopic (exact) mass is 216 g/mol.